The number of nitrogens with zero attached hydrogens (tertiary/aromatic N) is 1. The summed E-state index contributed by atoms with van der Waals surface area (Å²) in [5, 5.41) is 13.1. The molecule has 3 rings (SSSR count). The topological polar surface area (TPSA) is 65.5 Å². The molecule has 3 aromatic rings. The van der Waals surface area contributed by atoms with Gasteiger partial charge in [-0.1, -0.05) is 45.4 Å². The molecule has 2 aromatic carbocycles. The monoisotopic (exact) mass is 442 g/mol. The van der Waals surface area contributed by atoms with Crippen LogP contribution in [0.5, 0.6) is 0 Å². The van der Waals surface area contributed by atoms with Crippen LogP contribution < -0.4 is 5.56 Å². The van der Waals surface area contributed by atoms with Crippen molar-refractivity contribution < 1.29 is 9.60 Å². The largest absolute Gasteiger partial charge is 0.411 e. The van der Waals surface area contributed by atoms with E-state index in [1.807, 2.05) is 31.2 Å². The van der Waals surface area contributed by atoms with Gasteiger partial charge in [0.05, 0.1) is 5.71 Å². The van der Waals surface area contributed by atoms with Crippen LogP contribution in [0.3, 0.4) is 0 Å². The predicted molar refractivity (Wildman–Crippen MR) is 112 cm³/mol. The van der Waals surface area contributed by atoms with E-state index in [1.165, 1.54) is 18.2 Å². The Labute approximate surface area is 170 Å². The first kappa shape index (κ1) is 20.0. The molecule has 1 unspecified atom stereocenters. The average Bonchev–Trinajstić information content (AvgIpc) is 2.68. The van der Waals surface area contributed by atoms with Gasteiger partial charge in [-0.2, -0.15) is 0 Å². The lowest BCUT2D eigenvalue weighted by Gasteiger charge is -2.21. The van der Waals surface area contributed by atoms with Crippen LogP contribution in [0.1, 0.15) is 34.6 Å². The lowest BCUT2D eigenvalue weighted by atomic mass is 9.84. The van der Waals surface area contributed by atoms with Crippen molar-refractivity contribution in [2.75, 3.05) is 0 Å². The third-order valence-electron chi connectivity index (χ3n) is 4.72. The molecule has 1 atom stereocenters. The summed E-state index contributed by atoms with van der Waals surface area (Å²) in [6.07, 6.45) is 2.48. The Balaban J connectivity index is 1.94. The zero-order valence-corrected chi connectivity index (χ0v) is 16.9. The number of halogens is 2. The van der Waals surface area contributed by atoms with Crippen molar-refractivity contribution in [3.63, 3.8) is 0 Å². The number of aromatic amines is 1. The highest BCUT2D eigenvalue weighted by Crippen LogP contribution is 2.32. The van der Waals surface area contributed by atoms with E-state index in [2.05, 4.69) is 26.1 Å². The van der Waals surface area contributed by atoms with Crippen LogP contribution in [0.4, 0.5) is 4.39 Å². The van der Waals surface area contributed by atoms with Crippen LogP contribution in [-0.2, 0) is 6.42 Å². The molecule has 0 fully saturated rings. The number of nitrogens with one attached hydrogen (secondary N) is 1. The summed E-state index contributed by atoms with van der Waals surface area (Å²) in [6.45, 7) is 1.88. The number of hydrogen-bond acceptors (Lipinski definition) is 3. The summed E-state index contributed by atoms with van der Waals surface area (Å²) in [7, 11) is 0. The molecule has 144 valence electrons. The van der Waals surface area contributed by atoms with Crippen LogP contribution >= 0.6 is 15.9 Å². The van der Waals surface area contributed by atoms with E-state index in [1.54, 1.807) is 18.3 Å². The third-order valence-corrected chi connectivity index (χ3v) is 5.25. The second-order valence-electron chi connectivity index (χ2n) is 6.71. The van der Waals surface area contributed by atoms with E-state index in [-0.39, 0.29) is 17.3 Å². The van der Waals surface area contributed by atoms with E-state index in [0.29, 0.717) is 18.6 Å². The molecule has 0 aliphatic rings. The number of pyridine rings is 1. The number of aryl methyl sites for hydroxylation is 1. The Morgan fingerprint density at radius 3 is 2.54 bits per heavy atom. The van der Waals surface area contributed by atoms with Gasteiger partial charge in [0.1, 0.15) is 5.82 Å². The minimum absolute atomic E-state index is 0.0950. The standard InChI is InChI=1S/C22H20BrFN2O2/c1-14-10-18(24)7-8-20(14)21(16-3-5-17(23)6-4-16)12-19(26-28)11-15-2-9-22(27)25-13-15/h2-10,13,21,28H,11-12H2,1H3,(H,25,27)/b26-19-. The number of oxime groups is 1. The quantitative estimate of drug-likeness (QED) is 0.313. The molecular weight excluding hydrogens is 423 g/mol. The van der Waals surface area contributed by atoms with Gasteiger partial charge in [0.25, 0.3) is 0 Å². The molecule has 0 aliphatic heterocycles. The van der Waals surface area contributed by atoms with Gasteiger partial charge < -0.3 is 10.2 Å². The normalized spacial score (nSPS) is 12.8. The molecule has 0 radical (unpaired) electrons. The number of H-pyrrole nitrogens is 1. The maximum atomic E-state index is 13.6. The summed E-state index contributed by atoms with van der Waals surface area (Å²) in [6, 6.07) is 15.8. The van der Waals surface area contributed by atoms with Gasteiger partial charge >= 0.3 is 0 Å². The molecule has 0 spiro atoms. The summed E-state index contributed by atoms with van der Waals surface area (Å²) in [5.74, 6) is -0.373. The highest BCUT2D eigenvalue weighted by molar-refractivity contribution is 9.10. The van der Waals surface area contributed by atoms with E-state index in [9.17, 15) is 14.4 Å². The van der Waals surface area contributed by atoms with Gasteiger partial charge in [0.15, 0.2) is 0 Å². The van der Waals surface area contributed by atoms with Crippen LogP contribution in [-0.4, -0.2) is 15.9 Å². The first-order chi connectivity index (χ1) is 13.5. The molecule has 0 aliphatic carbocycles. The fraction of sp³-hybridized carbons (Fsp3) is 0.182. The molecule has 2 N–H and O–H groups in total. The molecule has 28 heavy (non-hydrogen) atoms. The number of aromatic nitrogens is 1. The first-order valence-corrected chi connectivity index (χ1v) is 9.64. The summed E-state index contributed by atoms with van der Waals surface area (Å²) >= 11 is 3.45. The van der Waals surface area contributed by atoms with Crippen molar-refractivity contribution in [2.45, 2.75) is 25.7 Å². The zero-order chi connectivity index (χ0) is 20.1. The molecule has 0 bridgehead atoms. The van der Waals surface area contributed by atoms with Crippen molar-refractivity contribution in [3.8, 4) is 0 Å². The smallest absolute Gasteiger partial charge is 0.247 e. The van der Waals surface area contributed by atoms with Crippen LogP contribution in [0.15, 0.2) is 75.2 Å². The lowest BCUT2D eigenvalue weighted by molar-refractivity contribution is 0.316. The van der Waals surface area contributed by atoms with Crippen molar-refractivity contribution in [1.82, 2.24) is 4.98 Å². The van der Waals surface area contributed by atoms with Gasteiger partial charge in [-0.25, -0.2) is 4.39 Å². The molecule has 1 aromatic heterocycles. The number of hydrogen-bond donors (Lipinski definition) is 2. The average molecular weight is 443 g/mol. The number of benzene rings is 2. The Kier molecular flexibility index (Phi) is 6.41. The molecule has 4 nitrogen and oxygen atoms in total. The van der Waals surface area contributed by atoms with Crippen LogP contribution in [0, 0.1) is 12.7 Å². The molecule has 1 heterocycles. The molecular formula is C22H20BrFN2O2. The fourth-order valence-electron chi connectivity index (χ4n) is 3.30. The highest BCUT2D eigenvalue weighted by Gasteiger charge is 2.20. The van der Waals surface area contributed by atoms with Crippen molar-refractivity contribution >= 4 is 21.6 Å². The maximum Gasteiger partial charge on any atom is 0.247 e. The summed E-state index contributed by atoms with van der Waals surface area (Å²) in [4.78, 5) is 13.9. The Morgan fingerprint density at radius 1 is 1.18 bits per heavy atom. The van der Waals surface area contributed by atoms with Gasteiger partial charge in [0, 0.05) is 35.5 Å². The van der Waals surface area contributed by atoms with Crippen LogP contribution in [0.2, 0.25) is 0 Å². The second kappa shape index (κ2) is 8.97. The highest BCUT2D eigenvalue weighted by atomic mass is 79.9. The van der Waals surface area contributed by atoms with Crippen molar-refractivity contribution in [1.29, 1.82) is 0 Å². The second-order valence-corrected chi connectivity index (χ2v) is 7.63. The molecule has 6 heteroatoms. The van der Waals surface area contributed by atoms with E-state index >= 15 is 0 Å². The Bertz CT molecular complexity index is 1020. The molecule has 0 saturated heterocycles. The van der Waals surface area contributed by atoms with Gasteiger partial charge in [-0.15, -0.1) is 0 Å². The number of rotatable bonds is 6. The van der Waals surface area contributed by atoms with Gasteiger partial charge in [0.2, 0.25) is 5.56 Å². The van der Waals surface area contributed by atoms with Crippen molar-refractivity contribution in [3.05, 3.63) is 104 Å². The summed E-state index contributed by atoms with van der Waals surface area (Å²) in [5.41, 5.74) is 4.10. The predicted octanol–water partition coefficient (Wildman–Crippen LogP) is 5.18. The van der Waals surface area contributed by atoms with E-state index in [4.69, 9.17) is 0 Å². The van der Waals surface area contributed by atoms with E-state index < -0.39 is 0 Å². The zero-order valence-electron chi connectivity index (χ0n) is 15.3. The fourth-order valence-corrected chi connectivity index (χ4v) is 3.57. The van der Waals surface area contributed by atoms with E-state index in [0.717, 1.165) is 26.7 Å². The molecule has 0 amide bonds. The lowest BCUT2D eigenvalue weighted by Crippen LogP contribution is -2.14. The first-order valence-electron chi connectivity index (χ1n) is 8.85. The minimum Gasteiger partial charge on any atom is -0.411 e. The summed E-state index contributed by atoms with van der Waals surface area (Å²) < 4.78 is 14.6. The third kappa shape index (κ3) is 4.95. The minimum atomic E-state index is -0.278. The SMILES string of the molecule is Cc1cc(F)ccc1C(C/C(Cc1ccc(=O)[nH]c1)=N\O)c1ccc(Br)cc1. The Hall–Kier alpha value is -2.73. The van der Waals surface area contributed by atoms with Gasteiger partial charge in [-0.05, 0) is 53.4 Å². The Morgan fingerprint density at radius 2 is 1.93 bits per heavy atom. The van der Waals surface area contributed by atoms with Crippen LogP contribution in [0.25, 0.3) is 0 Å². The maximum absolute atomic E-state index is 13.6. The molecule has 0 saturated carbocycles. The van der Waals surface area contributed by atoms with Gasteiger partial charge in [-0.3, -0.25) is 4.79 Å². The van der Waals surface area contributed by atoms with Crippen molar-refractivity contribution in [2.24, 2.45) is 5.16 Å².